The Balaban J connectivity index is 1.59. The summed E-state index contributed by atoms with van der Waals surface area (Å²) < 4.78 is 42.5. The van der Waals surface area contributed by atoms with Crippen molar-refractivity contribution in [2.24, 2.45) is 0 Å². The van der Waals surface area contributed by atoms with Crippen LogP contribution in [0.1, 0.15) is 73.8 Å². The number of nitrogen functional groups attached to an aromatic ring is 1. The minimum absolute atomic E-state index is 0.0208. The van der Waals surface area contributed by atoms with Gasteiger partial charge < -0.3 is 33.7 Å². The van der Waals surface area contributed by atoms with E-state index in [0.29, 0.717) is 28.2 Å². The summed E-state index contributed by atoms with van der Waals surface area (Å²) in [4.78, 5) is 32.8. The lowest BCUT2D eigenvalue weighted by molar-refractivity contribution is -0.125. The summed E-state index contributed by atoms with van der Waals surface area (Å²) in [5.74, 6) is 0.953. The number of anilines is 1. The van der Waals surface area contributed by atoms with Crippen molar-refractivity contribution in [1.82, 2.24) is 14.2 Å². The molecule has 5 atom stereocenters. The third kappa shape index (κ3) is 9.77. The van der Waals surface area contributed by atoms with E-state index in [2.05, 4.69) is 15.7 Å². The van der Waals surface area contributed by atoms with E-state index < -0.39 is 44.4 Å². The lowest BCUT2D eigenvalue weighted by Gasteiger charge is -2.41. The first-order chi connectivity index (χ1) is 29.0. The maximum absolute atomic E-state index is 15.4. The average molecular weight is 834 g/mol. The van der Waals surface area contributed by atoms with Crippen LogP contribution in [0.5, 0.6) is 11.5 Å². The Kier molecular flexibility index (Phi) is 14.9. The van der Waals surface area contributed by atoms with Gasteiger partial charge in [0.2, 0.25) is 0 Å². The lowest BCUT2D eigenvalue weighted by atomic mass is 9.79. The summed E-state index contributed by atoms with van der Waals surface area (Å²) in [6.45, 7) is 8.29. The molecule has 0 amide bonds. The molecule has 60 heavy (non-hydrogen) atoms. The highest BCUT2D eigenvalue weighted by Crippen LogP contribution is 2.52. The Bertz CT molecular complexity index is 2200. The fourth-order valence-electron chi connectivity index (χ4n) is 7.52. The van der Waals surface area contributed by atoms with Crippen LogP contribution in [0.3, 0.4) is 0 Å². The summed E-state index contributed by atoms with van der Waals surface area (Å²) in [5, 5.41) is 9.45. The van der Waals surface area contributed by atoms with Gasteiger partial charge >= 0.3 is 5.69 Å². The molecule has 13 nitrogen and oxygen atoms in total. The standard InChI is InChI=1S/C46H52N5O8P/c1-31(2)51(32(3)4)60(56-29-13-27-47)59-39-30-41(50-28-26-40(48)49-45(50)53)57-43(39)44(42(52)33-14-9-7-10-15-33)58-46(34-16-11-8-12-17-34,35-18-22-37(54-5)23-19-35)36-20-24-38(55-6)25-21-36/h7-12,14-26,28,31-32,39,41,43-44H,13,29-30H2,1-6H3,(H2,48,49,53)/t39-,41+,43-,44?,60?/m0/s1. The van der Waals surface area contributed by atoms with Crippen LogP contribution in [0, 0.1) is 11.3 Å². The SMILES string of the molecule is COc1ccc(C(OC(C(=O)c2ccccc2)[C@H]2O[C@@H](n3ccc(N)nc3=O)C[C@@H]2OP(OCCC#N)N(C(C)C)C(C)C)(c2ccccc2)c2ccc(OC)cc2)cc1. The van der Waals surface area contributed by atoms with Crippen LogP contribution in [0.2, 0.25) is 0 Å². The predicted octanol–water partition coefficient (Wildman–Crippen LogP) is 8.05. The normalized spacial score (nSPS) is 17.7. The molecule has 1 aromatic heterocycles. The van der Waals surface area contributed by atoms with Gasteiger partial charge in [-0.25, -0.2) is 9.46 Å². The van der Waals surface area contributed by atoms with Gasteiger partial charge in [0.25, 0.3) is 8.53 Å². The minimum atomic E-state index is -1.84. The molecule has 1 aliphatic rings. The number of methoxy groups -OCH3 is 2. The quantitative estimate of drug-likeness (QED) is 0.0370. The molecule has 14 heteroatoms. The number of ketones is 1. The van der Waals surface area contributed by atoms with Crippen molar-refractivity contribution in [3.8, 4) is 17.6 Å². The van der Waals surface area contributed by atoms with E-state index in [-0.39, 0.29) is 43.1 Å². The molecule has 1 fully saturated rings. The van der Waals surface area contributed by atoms with E-state index in [1.165, 1.54) is 16.8 Å². The molecule has 2 N–H and O–H groups in total. The van der Waals surface area contributed by atoms with Gasteiger partial charge in [-0.2, -0.15) is 10.2 Å². The first kappa shape index (κ1) is 44.1. The van der Waals surface area contributed by atoms with Crippen LogP contribution in [0.25, 0.3) is 0 Å². The van der Waals surface area contributed by atoms with Gasteiger partial charge in [0.05, 0.1) is 39.4 Å². The molecule has 0 saturated carbocycles. The Labute approximate surface area is 352 Å². The highest BCUT2D eigenvalue weighted by molar-refractivity contribution is 7.44. The van der Waals surface area contributed by atoms with Crippen molar-refractivity contribution >= 4 is 20.1 Å². The van der Waals surface area contributed by atoms with Crippen molar-refractivity contribution < 1.29 is 32.8 Å². The topological polar surface area (TPSA) is 160 Å². The summed E-state index contributed by atoms with van der Waals surface area (Å²) in [5.41, 5.74) is 6.34. The number of hydrogen-bond acceptors (Lipinski definition) is 12. The van der Waals surface area contributed by atoms with E-state index in [4.69, 9.17) is 33.7 Å². The second-order valence-corrected chi connectivity index (χ2v) is 16.2. The molecule has 0 radical (unpaired) electrons. The summed E-state index contributed by atoms with van der Waals surface area (Å²) in [7, 11) is 1.36. The zero-order chi connectivity index (χ0) is 42.8. The van der Waals surface area contributed by atoms with Crippen LogP contribution in [-0.2, 0) is 24.1 Å². The van der Waals surface area contributed by atoms with Crippen LogP contribution in [0.4, 0.5) is 5.82 Å². The van der Waals surface area contributed by atoms with Crippen LogP contribution >= 0.6 is 8.53 Å². The Morgan fingerprint density at radius 1 is 0.883 bits per heavy atom. The second kappa shape index (κ2) is 20.2. The molecule has 5 aromatic rings. The minimum Gasteiger partial charge on any atom is -0.497 e. The number of rotatable bonds is 19. The monoisotopic (exact) mass is 833 g/mol. The number of ether oxygens (including phenoxy) is 4. The van der Waals surface area contributed by atoms with Crippen LogP contribution in [0.15, 0.2) is 126 Å². The molecule has 2 unspecified atom stereocenters. The maximum Gasteiger partial charge on any atom is 0.351 e. The number of hydrogen-bond donors (Lipinski definition) is 1. The fourth-order valence-corrected chi connectivity index (χ4v) is 9.26. The Hall–Kier alpha value is -5.45. The molecule has 2 heterocycles. The Morgan fingerprint density at radius 2 is 1.43 bits per heavy atom. The number of aromatic nitrogens is 2. The predicted molar refractivity (Wildman–Crippen MR) is 229 cm³/mol. The van der Waals surface area contributed by atoms with Gasteiger partial charge in [-0.3, -0.25) is 9.36 Å². The number of carbonyl (C=O) groups excluding carboxylic acids is 1. The van der Waals surface area contributed by atoms with E-state index in [1.54, 1.807) is 38.5 Å². The third-order valence-corrected chi connectivity index (χ3v) is 12.4. The number of nitriles is 1. The number of nitrogens with two attached hydrogens (primary N) is 1. The molecule has 1 aliphatic heterocycles. The maximum atomic E-state index is 15.4. The van der Waals surface area contributed by atoms with E-state index in [0.717, 1.165) is 5.56 Å². The highest BCUT2D eigenvalue weighted by Gasteiger charge is 2.52. The van der Waals surface area contributed by atoms with Crippen LogP contribution < -0.4 is 20.9 Å². The molecular weight excluding hydrogens is 782 g/mol. The van der Waals surface area contributed by atoms with E-state index >= 15 is 4.79 Å². The summed E-state index contributed by atoms with van der Waals surface area (Å²) in [6.07, 6.45) is -2.53. The van der Waals surface area contributed by atoms with Crippen molar-refractivity contribution in [3.63, 3.8) is 0 Å². The summed E-state index contributed by atoms with van der Waals surface area (Å²) in [6, 6.07) is 37.2. The molecule has 6 rings (SSSR count). The number of Topliss-reactive ketones (excluding diaryl/α,β-unsaturated/α-hetero) is 1. The molecule has 0 aliphatic carbocycles. The molecule has 314 valence electrons. The fraction of sp³-hybridized carbons (Fsp3) is 0.348. The zero-order valence-electron chi connectivity index (χ0n) is 34.7. The van der Waals surface area contributed by atoms with Gasteiger partial charge in [-0.05, 0) is 74.7 Å². The smallest absolute Gasteiger partial charge is 0.351 e. The lowest BCUT2D eigenvalue weighted by Crippen LogP contribution is -2.49. The number of nitrogens with zero attached hydrogens (tertiary/aromatic N) is 4. The largest absolute Gasteiger partial charge is 0.497 e. The van der Waals surface area contributed by atoms with Gasteiger partial charge in [0.15, 0.2) is 11.9 Å². The van der Waals surface area contributed by atoms with Gasteiger partial charge in [-0.15, -0.1) is 0 Å². The van der Waals surface area contributed by atoms with Crippen LogP contribution in [-0.4, -0.2) is 71.2 Å². The molecule has 0 spiro atoms. The van der Waals surface area contributed by atoms with Crippen molar-refractivity contribution in [3.05, 3.63) is 154 Å². The van der Waals surface area contributed by atoms with E-state index in [9.17, 15) is 10.1 Å². The first-order valence-electron chi connectivity index (χ1n) is 19.9. The van der Waals surface area contributed by atoms with Gasteiger partial charge in [-0.1, -0.05) is 84.9 Å². The molecule has 1 saturated heterocycles. The number of carbonyl (C=O) groups is 1. The van der Waals surface area contributed by atoms with Crippen molar-refractivity contribution in [2.45, 2.75) is 82.8 Å². The van der Waals surface area contributed by atoms with Crippen molar-refractivity contribution in [1.29, 1.82) is 5.26 Å². The van der Waals surface area contributed by atoms with Gasteiger partial charge in [0.1, 0.15) is 35.2 Å². The summed E-state index contributed by atoms with van der Waals surface area (Å²) >= 11 is 0. The molecular formula is C46H52N5O8P. The van der Waals surface area contributed by atoms with E-state index in [1.807, 2.05) is 113 Å². The average Bonchev–Trinajstić information content (AvgIpc) is 3.67. The Morgan fingerprint density at radius 3 is 1.95 bits per heavy atom. The first-order valence-corrected chi connectivity index (χ1v) is 21.0. The van der Waals surface area contributed by atoms with Crippen molar-refractivity contribution in [2.75, 3.05) is 26.6 Å². The second-order valence-electron chi connectivity index (χ2n) is 14.8. The van der Waals surface area contributed by atoms with Gasteiger partial charge in [0, 0.05) is 30.3 Å². The number of benzene rings is 4. The molecule has 0 bridgehead atoms. The highest BCUT2D eigenvalue weighted by atomic mass is 31.2. The molecule has 4 aromatic carbocycles. The zero-order valence-corrected chi connectivity index (χ0v) is 35.6. The third-order valence-electron chi connectivity index (χ3n) is 10.3.